The standard InChI is InChI=1S/C13H26N2O/c1-5-10(6-2)12(15(3)4)9-14-13(16)11-7-8-11/h10-12H,5-9H2,1-4H3,(H,14,16). The summed E-state index contributed by atoms with van der Waals surface area (Å²) in [6.07, 6.45) is 4.53. The van der Waals surface area contributed by atoms with Gasteiger partial charge in [-0.25, -0.2) is 0 Å². The van der Waals surface area contributed by atoms with E-state index in [2.05, 4.69) is 38.2 Å². The van der Waals surface area contributed by atoms with Gasteiger partial charge in [0.25, 0.3) is 0 Å². The summed E-state index contributed by atoms with van der Waals surface area (Å²) >= 11 is 0. The minimum Gasteiger partial charge on any atom is -0.354 e. The van der Waals surface area contributed by atoms with Crippen LogP contribution < -0.4 is 5.32 Å². The lowest BCUT2D eigenvalue weighted by molar-refractivity contribution is -0.122. The van der Waals surface area contributed by atoms with Crippen LogP contribution in [0, 0.1) is 11.8 Å². The number of carbonyl (C=O) groups is 1. The molecular formula is C13H26N2O. The molecule has 16 heavy (non-hydrogen) atoms. The molecule has 0 spiro atoms. The van der Waals surface area contributed by atoms with Crippen molar-refractivity contribution < 1.29 is 4.79 Å². The molecule has 1 amide bonds. The Kier molecular flexibility index (Phi) is 5.26. The molecule has 0 aliphatic heterocycles. The normalized spacial score (nSPS) is 17.9. The van der Waals surface area contributed by atoms with E-state index >= 15 is 0 Å². The lowest BCUT2D eigenvalue weighted by atomic mass is 9.93. The number of hydrogen-bond acceptors (Lipinski definition) is 2. The van der Waals surface area contributed by atoms with E-state index in [-0.39, 0.29) is 5.91 Å². The highest BCUT2D eigenvalue weighted by atomic mass is 16.2. The quantitative estimate of drug-likeness (QED) is 0.719. The molecule has 1 unspecified atom stereocenters. The van der Waals surface area contributed by atoms with Crippen molar-refractivity contribution in [3.8, 4) is 0 Å². The largest absolute Gasteiger partial charge is 0.354 e. The highest BCUT2D eigenvalue weighted by Crippen LogP contribution is 2.28. The molecule has 1 saturated carbocycles. The van der Waals surface area contributed by atoms with Crippen LogP contribution in [0.1, 0.15) is 39.5 Å². The van der Waals surface area contributed by atoms with Crippen molar-refractivity contribution in [2.45, 2.75) is 45.6 Å². The molecule has 3 heteroatoms. The molecule has 1 fully saturated rings. The van der Waals surface area contributed by atoms with Crippen molar-refractivity contribution in [2.75, 3.05) is 20.6 Å². The van der Waals surface area contributed by atoms with Gasteiger partial charge in [0.1, 0.15) is 0 Å². The summed E-state index contributed by atoms with van der Waals surface area (Å²) in [6, 6.07) is 0.470. The van der Waals surface area contributed by atoms with Crippen LogP contribution in [-0.2, 0) is 4.79 Å². The van der Waals surface area contributed by atoms with Crippen LogP contribution in [0.25, 0.3) is 0 Å². The van der Waals surface area contributed by atoms with Gasteiger partial charge in [-0.05, 0) is 32.9 Å². The van der Waals surface area contributed by atoms with Gasteiger partial charge in [0.2, 0.25) is 5.91 Å². The molecule has 0 aromatic carbocycles. The van der Waals surface area contributed by atoms with Crippen molar-refractivity contribution in [2.24, 2.45) is 11.8 Å². The second-order valence-corrected chi connectivity index (χ2v) is 5.13. The van der Waals surface area contributed by atoms with Crippen LogP contribution in [0.4, 0.5) is 0 Å². The molecule has 0 heterocycles. The molecule has 1 rings (SSSR count). The Balaban J connectivity index is 2.40. The van der Waals surface area contributed by atoms with Gasteiger partial charge in [0.05, 0.1) is 0 Å². The second-order valence-electron chi connectivity index (χ2n) is 5.13. The maximum Gasteiger partial charge on any atom is 0.223 e. The van der Waals surface area contributed by atoms with Crippen molar-refractivity contribution in [1.29, 1.82) is 0 Å². The third kappa shape index (κ3) is 3.78. The van der Waals surface area contributed by atoms with E-state index in [4.69, 9.17) is 0 Å². The molecule has 1 N–H and O–H groups in total. The molecule has 0 bridgehead atoms. The number of amides is 1. The van der Waals surface area contributed by atoms with Crippen LogP contribution in [-0.4, -0.2) is 37.5 Å². The number of nitrogens with zero attached hydrogens (tertiary/aromatic N) is 1. The van der Waals surface area contributed by atoms with E-state index in [0.717, 1.165) is 19.4 Å². The number of nitrogens with one attached hydrogen (secondary N) is 1. The predicted octanol–water partition coefficient (Wildman–Crippen LogP) is 1.88. The first-order valence-electron chi connectivity index (χ1n) is 6.54. The van der Waals surface area contributed by atoms with E-state index < -0.39 is 0 Å². The van der Waals surface area contributed by atoms with E-state index in [9.17, 15) is 4.79 Å². The molecule has 1 aliphatic rings. The Morgan fingerprint density at radius 3 is 2.25 bits per heavy atom. The zero-order valence-corrected chi connectivity index (χ0v) is 11.1. The van der Waals surface area contributed by atoms with Gasteiger partial charge in [0.15, 0.2) is 0 Å². The first kappa shape index (κ1) is 13.5. The summed E-state index contributed by atoms with van der Waals surface area (Å²) < 4.78 is 0. The fraction of sp³-hybridized carbons (Fsp3) is 0.923. The summed E-state index contributed by atoms with van der Waals surface area (Å²) in [6.45, 7) is 5.26. The van der Waals surface area contributed by atoms with Gasteiger partial charge in [-0.1, -0.05) is 26.7 Å². The molecule has 0 aromatic heterocycles. The molecule has 3 nitrogen and oxygen atoms in total. The van der Waals surface area contributed by atoms with Gasteiger partial charge in [-0.3, -0.25) is 4.79 Å². The zero-order chi connectivity index (χ0) is 12.1. The smallest absolute Gasteiger partial charge is 0.223 e. The number of likely N-dealkylation sites (N-methyl/N-ethyl adjacent to an activating group) is 1. The Morgan fingerprint density at radius 2 is 1.88 bits per heavy atom. The first-order chi connectivity index (χ1) is 7.60. The zero-order valence-electron chi connectivity index (χ0n) is 11.1. The molecule has 0 radical (unpaired) electrons. The molecule has 0 saturated heterocycles. The number of rotatable bonds is 7. The maximum atomic E-state index is 11.6. The predicted molar refractivity (Wildman–Crippen MR) is 67.3 cm³/mol. The van der Waals surface area contributed by atoms with Crippen molar-refractivity contribution in [1.82, 2.24) is 10.2 Å². The average Bonchev–Trinajstić information content (AvgIpc) is 3.06. The van der Waals surface area contributed by atoms with Gasteiger partial charge in [0, 0.05) is 18.5 Å². The highest BCUT2D eigenvalue weighted by molar-refractivity contribution is 5.80. The Morgan fingerprint density at radius 1 is 1.31 bits per heavy atom. The Labute approximate surface area is 99.6 Å². The van der Waals surface area contributed by atoms with Crippen LogP contribution >= 0.6 is 0 Å². The minimum atomic E-state index is 0.262. The number of carbonyl (C=O) groups excluding carboxylic acids is 1. The van der Waals surface area contributed by atoms with Crippen molar-refractivity contribution in [3.05, 3.63) is 0 Å². The first-order valence-corrected chi connectivity index (χ1v) is 6.54. The SMILES string of the molecule is CCC(CC)C(CNC(=O)C1CC1)N(C)C. The Hall–Kier alpha value is -0.570. The topological polar surface area (TPSA) is 32.3 Å². The summed E-state index contributed by atoms with van der Waals surface area (Å²) in [7, 11) is 4.21. The third-order valence-electron chi connectivity index (χ3n) is 3.69. The second kappa shape index (κ2) is 6.24. The van der Waals surface area contributed by atoms with Crippen molar-refractivity contribution in [3.63, 3.8) is 0 Å². The molecule has 0 aromatic rings. The van der Waals surface area contributed by atoms with E-state index in [0.29, 0.717) is 17.9 Å². The molecule has 94 valence electrons. The van der Waals surface area contributed by atoms with Gasteiger partial charge in [-0.2, -0.15) is 0 Å². The van der Waals surface area contributed by atoms with E-state index in [1.807, 2.05) is 0 Å². The molecular weight excluding hydrogens is 200 g/mol. The maximum absolute atomic E-state index is 11.6. The number of hydrogen-bond donors (Lipinski definition) is 1. The summed E-state index contributed by atoms with van der Waals surface area (Å²) in [5.74, 6) is 1.26. The molecule has 1 aliphatic carbocycles. The van der Waals surface area contributed by atoms with Crippen LogP contribution in [0.5, 0.6) is 0 Å². The van der Waals surface area contributed by atoms with Gasteiger partial charge < -0.3 is 10.2 Å². The third-order valence-corrected chi connectivity index (χ3v) is 3.69. The summed E-state index contributed by atoms with van der Waals surface area (Å²) in [4.78, 5) is 13.8. The lowest BCUT2D eigenvalue weighted by Gasteiger charge is -2.31. The Bertz CT molecular complexity index is 220. The van der Waals surface area contributed by atoms with Gasteiger partial charge in [-0.15, -0.1) is 0 Å². The molecule has 1 atom stereocenters. The summed E-state index contributed by atoms with van der Waals surface area (Å²) in [5, 5.41) is 3.09. The van der Waals surface area contributed by atoms with Gasteiger partial charge >= 0.3 is 0 Å². The average molecular weight is 226 g/mol. The van der Waals surface area contributed by atoms with Crippen LogP contribution in [0.2, 0.25) is 0 Å². The van der Waals surface area contributed by atoms with Crippen LogP contribution in [0.15, 0.2) is 0 Å². The van der Waals surface area contributed by atoms with E-state index in [1.54, 1.807) is 0 Å². The van der Waals surface area contributed by atoms with E-state index in [1.165, 1.54) is 12.8 Å². The monoisotopic (exact) mass is 226 g/mol. The van der Waals surface area contributed by atoms with Crippen LogP contribution in [0.3, 0.4) is 0 Å². The highest BCUT2D eigenvalue weighted by Gasteiger charge is 2.30. The van der Waals surface area contributed by atoms with Crippen molar-refractivity contribution >= 4 is 5.91 Å². The fourth-order valence-electron chi connectivity index (χ4n) is 2.30. The summed E-state index contributed by atoms with van der Waals surface area (Å²) in [5.41, 5.74) is 0. The lowest BCUT2D eigenvalue weighted by Crippen LogP contribution is -2.45. The minimum absolute atomic E-state index is 0.262. The fourth-order valence-corrected chi connectivity index (χ4v) is 2.30.